The number of aromatic nitrogens is 1. The minimum atomic E-state index is -0.106. The minimum Gasteiger partial charge on any atom is -0.497 e. The van der Waals surface area contributed by atoms with Crippen molar-refractivity contribution in [2.45, 2.75) is 6.92 Å². The molecule has 0 saturated carbocycles. The van der Waals surface area contributed by atoms with E-state index < -0.39 is 0 Å². The second kappa shape index (κ2) is 9.50. The summed E-state index contributed by atoms with van der Waals surface area (Å²) in [4.78, 5) is 19.9. The van der Waals surface area contributed by atoms with E-state index in [0.29, 0.717) is 18.3 Å². The Labute approximate surface area is 172 Å². The number of carbonyl (C=O) groups is 1. The molecule has 9 heteroatoms. The number of thioether (sulfide) groups is 1. The summed E-state index contributed by atoms with van der Waals surface area (Å²) in [5.74, 6) is 0.964. The van der Waals surface area contributed by atoms with Crippen molar-refractivity contribution >= 4 is 50.7 Å². The van der Waals surface area contributed by atoms with Crippen molar-refractivity contribution in [1.29, 1.82) is 0 Å². The predicted octanol–water partition coefficient (Wildman–Crippen LogP) is 3.42. The Kier molecular flexibility index (Phi) is 7.06. The van der Waals surface area contributed by atoms with Crippen LogP contribution in [0.2, 0.25) is 0 Å². The van der Waals surface area contributed by atoms with Gasteiger partial charge in [-0.3, -0.25) is 4.79 Å². The molecule has 2 aromatic rings. The van der Waals surface area contributed by atoms with Crippen LogP contribution in [0.3, 0.4) is 0 Å². The highest BCUT2D eigenvalue weighted by Gasteiger charge is 2.16. The predicted molar refractivity (Wildman–Crippen MR) is 115 cm³/mol. The zero-order chi connectivity index (χ0) is 19.2. The zero-order valence-corrected chi connectivity index (χ0v) is 17.6. The number of rotatable bonds is 5. The average Bonchev–Trinajstić information content (AvgIpc) is 3.06. The topological polar surface area (TPSA) is 63.7 Å². The van der Waals surface area contributed by atoms with Crippen LogP contribution in [0.4, 0.5) is 5.13 Å². The molecule has 0 atom stereocenters. The van der Waals surface area contributed by atoms with E-state index >= 15 is 0 Å². The molecular weight excluding hydrogens is 402 g/mol. The number of morpholine rings is 1. The summed E-state index contributed by atoms with van der Waals surface area (Å²) < 4.78 is 11.2. The van der Waals surface area contributed by atoms with Gasteiger partial charge in [0, 0.05) is 23.5 Å². The lowest BCUT2D eigenvalue weighted by molar-refractivity contribution is -0.113. The molecule has 1 aliphatic rings. The monoisotopic (exact) mass is 423 g/mol. The van der Waals surface area contributed by atoms with E-state index in [2.05, 4.69) is 15.2 Å². The van der Waals surface area contributed by atoms with Crippen molar-refractivity contribution in [3.8, 4) is 17.0 Å². The van der Waals surface area contributed by atoms with E-state index in [4.69, 9.17) is 21.7 Å². The maximum Gasteiger partial charge on any atom is 0.236 e. The second-order valence-corrected chi connectivity index (χ2v) is 8.67. The van der Waals surface area contributed by atoms with Gasteiger partial charge in [0.15, 0.2) is 5.13 Å². The first-order chi connectivity index (χ1) is 13.1. The molecule has 0 aliphatic carbocycles. The fraction of sp³-hybridized carbons (Fsp3) is 0.389. The van der Waals surface area contributed by atoms with E-state index in [9.17, 15) is 4.79 Å². The van der Waals surface area contributed by atoms with Crippen LogP contribution >= 0.6 is 35.3 Å². The van der Waals surface area contributed by atoms with Gasteiger partial charge in [-0.1, -0.05) is 24.0 Å². The zero-order valence-electron chi connectivity index (χ0n) is 15.2. The first-order valence-corrected chi connectivity index (χ1v) is 10.7. The number of aryl methyl sites for hydroxylation is 1. The molecule has 1 aliphatic heterocycles. The first kappa shape index (κ1) is 20.1. The van der Waals surface area contributed by atoms with Gasteiger partial charge in [-0.2, -0.15) is 0 Å². The number of anilines is 1. The molecule has 3 rings (SSSR count). The molecule has 0 spiro atoms. The number of nitrogens with one attached hydrogen (secondary N) is 1. The standard InChI is InChI=1S/C18H21N3O3S3/c1-12-16(13-3-5-14(23-2)6-4-13)20-17(27-12)19-15(22)11-26-18(25)21-7-9-24-10-8-21/h3-6H,7-11H2,1-2H3,(H,19,20,22). The van der Waals surface area contributed by atoms with Crippen LogP contribution in [-0.4, -0.2) is 59.3 Å². The molecule has 1 fully saturated rings. The molecular formula is C18H21N3O3S3. The van der Waals surface area contributed by atoms with Crippen molar-refractivity contribution in [2.75, 3.05) is 44.5 Å². The molecule has 144 valence electrons. The third-order valence-corrected chi connectivity index (χ3v) is 6.41. The van der Waals surface area contributed by atoms with Crippen molar-refractivity contribution in [2.24, 2.45) is 0 Å². The Bertz CT molecular complexity index is 802. The highest BCUT2D eigenvalue weighted by atomic mass is 32.2. The average molecular weight is 424 g/mol. The van der Waals surface area contributed by atoms with E-state index in [0.717, 1.165) is 39.3 Å². The van der Waals surface area contributed by atoms with Crippen molar-refractivity contribution in [1.82, 2.24) is 9.88 Å². The lowest BCUT2D eigenvalue weighted by Gasteiger charge is -2.28. The molecule has 1 N–H and O–H groups in total. The number of hydrogen-bond donors (Lipinski definition) is 1. The molecule has 27 heavy (non-hydrogen) atoms. The number of hydrogen-bond acceptors (Lipinski definition) is 7. The third-order valence-electron chi connectivity index (χ3n) is 4.00. The van der Waals surface area contributed by atoms with Crippen LogP contribution < -0.4 is 10.1 Å². The lowest BCUT2D eigenvalue weighted by Crippen LogP contribution is -2.39. The number of ether oxygens (including phenoxy) is 2. The van der Waals surface area contributed by atoms with Crippen molar-refractivity contribution < 1.29 is 14.3 Å². The van der Waals surface area contributed by atoms with Gasteiger partial charge in [0.1, 0.15) is 10.1 Å². The van der Waals surface area contributed by atoms with Gasteiger partial charge in [-0.25, -0.2) is 4.98 Å². The molecule has 1 saturated heterocycles. The van der Waals surface area contributed by atoms with Gasteiger partial charge in [0.05, 0.1) is 31.8 Å². The first-order valence-electron chi connectivity index (χ1n) is 8.48. The van der Waals surface area contributed by atoms with E-state index in [1.54, 1.807) is 7.11 Å². The number of benzene rings is 1. The highest BCUT2D eigenvalue weighted by molar-refractivity contribution is 8.23. The number of methoxy groups -OCH3 is 1. The third kappa shape index (κ3) is 5.41. The number of thiocarbonyl (C=S) groups is 1. The summed E-state index contributed by atoms with van der Waals surface area (Å²) in [6.45, 7) is 4.92. The summed E-state index contributed by atoms with van der Waals surface area (Å²) in [6.07, 6.45) is 0. The van der Waals surface area contributed by atoms with Gasteiger partial charge in [-0.15, -0.1) is 11.3 Å². The highest BCUT2D eigenvalue weighted by Crippen LogP contribution is 2.31. The molecule has 0 bridgehead atoms. The normalized spacial score (nSPS) is 14.1. The summed E-state index contributed by atoms with van der Waals surface area (Å²) in [5, 5.41) is 3.47. The molecule has 0 radical (unpaired) electrons. The Balaban J connectivity index is 1.55. The van der Waals surface area contributed by atoms with Gasteiger partial charge in [0.2, 0.25) is 5.91 Å². The fourth-order valence-corrected chi connectivity index (χ4v) is 4.49. The minimum absolute atomic E-state index is 0.106. The summed E-state index contributed by atoms with van der Waals surface area (Å²) >= 11 is 8.24. The molecule has 0 unspecified atom stereocenters. The van der Waals surface area contributed by atoms with E-state index in [1.165, 1.54) is 23.1 Å². The van der Waals surface area contributed by atoms with Crippen LogP contribution in [0, 0.1) is 6.92 Å². The Morgan fingerprint density at radius 2 is 2.07 bits per heavy atom. The largest absolute Gasteiger partial charge is 0.497 e. The fourth-order valence-electron chi connectivity index (χ4n) is 2.59. The molecule has 1 aromatic carbocycles. The number of thiazole rings is 1. The Morgan fingerprint density at radius 3 is 2.74 bits per heavy atom. The van der Waals surface area contributed by atoms with Gasteiger partial charge in [0.25, 0.3) is 0 Å². The van der Waals surface area contributed by atoms with Crippen molar-refractivity contribution in [3.05, 3.63) is 29.1 Å². The maximum atomic E-state index is 12.3. The van der Waals surface area contributed by atoms with Gasteiger partial charge < -0.3 is 19.7 Å². The molecule has 6 nitrogen and oxygen atoms in total. The molecule has 1 aromatic heterocycles. The van der Waals surface area contributed by atoms with Crippen LogP contribution in [0.5, 0.6) is 5.75 Å². The quantitative estimate of drug-likeness (QED) is 0.739. The number of carbonyl (C=O) groups excluding carboxylic acids is 1. The molecule has 2 heterocycles. The van der Waals surface area contributed by atoms with Crippen LogP contribution in [0.15, 0.2) is 24.3 Å². The van der Waals surface area contributed by atoms with Gasteiger partial charge in [-0.05, 0) is 31.2 Å². The summed E-state index contributed by atoms with van der Waals surface area (Å²) in [6, 6.07) is 7.72. The lowest BCUT2D eigenvalue weighted by atomic mass is 10.1. The van der Waals surface area contributed by atoms with E-state index in [-0.39, 0.29) is 11.7 Å². The smallest absolute Gasteiger partial charge is 0.236 e. The van der Waals surface area contributed by atoms with Gasteiger partial charge >= 0.3 is 0 Å². The molecule has 1 amide bonds. The second-order valence-electron chi connectivity index (χ2n) is 5.85. The van der Waals surface area contributed by atoms with Crippen molar-refractivity contribution in [3.63, 3.8) is 0 Å². The van der Waals surface area contributed by atoms with E-state index in [1.807, 2.05) is 31.2 Å². The number of amides is 1. The maximum absolute atomic E-state index is 12.3. The SMILES string of the molecule is COc1ccc(-c2nc(NC(=O)CSC(=S)N3CCOCC3)sc2C)cc1. The number of nitrogens with zero attached hydrogens (tertiary/aromatic N) is 2. The summed E-state index contributed by atoms with van der Waals surface area (Å²) in [5.41, 5.74) is 1.86. The van der Waals surface area contributed by atoms with Crippen LogP contribution in [0.25, 0.3) is 11.3 Å². The van der Waals surface area contributed by atoms with Crippen LogP contribution in [0.1, 0.15) is 4.88 Å². The summed E-state index contributed by atoms with van der Waals surface area (Å²) in [7, 11) is 1.64. The Hall–Kier alpha value is -1.68. The van der Waals surface area contributed by atoms with Crippen LogP contribution in [-0.2, 0) is 9.53 Å². The Morgan fingerprint density at radius 1 is 1.37 bits per heavy atom.